The average molecular weight is 255 g/mol. The third-order valence-electron chi connectivity index (χ3n) is 3.26. The topological polar surface area (TPSA) is 52.3 Å². The number of carbonyl (C=O) groups excluding carboxylic acids is 1. The first-order chi connectivity index (χ1) is 8.29. The van der Waals surface area contributed by atoms with Crippen molar-refractivity contribution < 1.29 is 9.53 Å². The van der Waals surface area contributed by atoms with Gasteiger partial charge in [0, 0.05) is 11.1 Å². The molecule has 0 saturated heterocycles. The van der Waals surface area contributed by atoms with E-state index in [2.05, 4.69) is 13.5 Å². The normalized spacial score (nSPS) is 13.2. The molecule has 0 aromatic rings. The molecule has 0 spiro atoms. The molecule has 0 aliphatic carbocycles. The van der Waals surface area contributed by atoms with E-state index in [0.29, 0.717) is 18.1 Å². The first kappa shape index (κ1) is 17.2. The Morgan fingerprint density at radius 1 is 1.33 bits per heavy atom. The SMILES string of the molecule is C=C(C)C(=O)OCCC(CCCCC)C(C)(C)N. The van der Waals surface area contributed by atoms with E-state index >= 15 is 0 Å². The second-order valence-corrected chi connectivity index (χ2v) is 5.72. The second-order valence-electron chi connectivity index (χ2n) is 5.72. The lowest BCUT2D eigenvalue weighted by atomic mass is 9.82. The van der Waals surface area contributed by atoms with Crippen molar-refractivity contribution in [2.75, 3.05) is 6.61 Å². The molecule has 0 fully saturated rings. The predicted octanol–water partition coefficient (Wildman–Crippen LogP) is 3.43. The van der Waals surface area contributed by atoms with E-state index in [-0.39, 0.29) is 11.5 Å². The Morgan fingerprint density at radius 2 is 1.94 bits per heavy atom. The Labute approximate surface area is 112 Å². The van der Waals surface area contributed by atoms with Crippen molar-refractivity contribution in [3.63, 3.8) is 0 Å². The zero-order valence-electron chi connectivity index (χ0n) is 12.4. The monoisotopic (exact) mass is 255 g/mol. The molecule has 1 atom stereocenters. The molecule has 0 saturated carbocycles. The third kappa shape index (κ3) is 7.49. The standard InChI is InChI=1S/C15H29NO2/c1-6-7-8-9-13(15(4,5)16)10-11-18-14(17)12(2)3/h13H,2,6-11,16H2,1,3-5H3. The number of esters is 1. The zero-order chi connectivity index (χ0) is 14.2. The Bertz CT molecular complexity index is 266. The Morgan fingerprint density at radius 3 is 2.39 bits per heavy atom. The highest BCUT2D eigenvalue weighted by Crippen LogP contribution is 2.24. The van der Waals surface area contributed by atoms with Gasteiger partial charge in [-0.15, -0.1) is 0 Å². The highest BCUT2D eigenvalue weighted by Gasteiger charge is 2.24. The predicted molar refractivity (Wildman–Crippen MR) is 76.3 cm³/mol. The summed E-state index contributed by atoms with van der Waals surface area (Å²) in [5.74, 6) is 0.0825. The molecule has 3 heteroatoms. The highest BCUT2D eigenvalue weighted by molar-refractivity contribution is 5.86. The van der Waals surface area contributed by atoms with Crippen LogP contribution in [-0.2, 0) is 9.53 Å². The van der Waals surface area contributed by atoms with Crippen molar-refractivity contribution in [1.82, 2.24) is 0 Å². The van der Waals surface area contributed by atoms with E-state index in [4.69, 9.17) is 10.5 Å². The van der Waals surface area contributed by atoms with E-state index in [1.165, 1.54) is 19.3 Å². The lowest BCUT2D eigenvalue weighted by Crippen LogP contribution is -2.41. The molecular weight excluding hydrogens is 226 g/mol. The van der Waals surface area contributed by atoms with Gasteiger partial charge >= 0.3 is 5.97 Å². The molecule has 0 amide bonds. The fourth-order valence-corrected chi connectivity index (χ4v) is 1.95. The number of hydrogen-bond donors (Lipinski definition) is 1. The van der Waals surface area contributed by atoms with Crippen LogP contribution in [0.15, 0.2) is 12.2 Å². The molecule has 0 aromatic heterocycles. The van der Waals surface area contributed by atoms with Crippen LogP contribution in [0.5, 0.6) is 0 Å². The molecule has 0 rings (SSSR count). The maximum atomic E-state index is 11.3. The number of carbonyl (C=O) groups is 1. The fraction of sp³-hybridized carbons (Fsp3) is 0.800. The molecule has 0 aliphatic rings. The summed E-state index contributed by atoms with van der Waals surface area (Å²) in [7, 11) is 0. The summed E-state index contributed by atoms with van der Waals surface area (Å²) >= 11 is 0. The Balaban J connectivity index is 4.09. The first-order valence-corrected chi connectivity index (χ1v) is 6.90. The maximum Gasteiger partial charge on any atom is 0.333 e. The lowest BCUT2D eigenvalue weighted by molar-refractivity contribution is -0.139. The summed E-state index contributed by atoms with van der Waals surface area (Å²) in [4.78, 5) is 11.3. The van der Waals surface area contributed by atoms with Crippen LogP contribution in [0.4, 0.5) is 0 Å². The van der Waals surface area contributed by atoms with E-state index in [1.54, 1.807) is 6.92 Å². The molecule has 18 heavy (non-hydrogen) atoms. The van der Waals surface area contributed by atoms with Crippen LogP contribution in [-0.4, -0.2) is 18.1 Å². The quantitative estimate of drug-likeness (QED) is 0.390. The number of rotatable bonds is 9. The largest absolute Gasteiger partial charge is 0.462 e. The average Bonchev–Trinajstić information content (AvgIpc) is 2.25. The summed E-state index contributed by atoms with van der Waals surface area (Å²) in [6, 6.07) is 0. The zero-order valence-corrected chi connectivity index (χ0v) is 12.4. The van der Waals surface area contributed by atoms with Crippen molar-refractivity contribution in [3.8, 4) is 0 Å². The van der Waals surface area contributed by atoms with E-state index in [1.807, 2.05) is 13.8 Å². The van der Waals surface area contributed by atoms with Crippen LogP contribution in [0.2, 0.25) is 0 Å². The Kier molecular flexibility index (Phi) is 7.92. The van der Waals surface area contributed by atoms with Gasteiger partial charge in [0.15, 0.2) is 0 Å². The van der Waals surface area contributed by atoms with Gasteiger partial charge in [0.25, 0.3) is 0 Å². The van der Waals surface area contributed by atoms with Crippen LogP contribution in [0, 0.1) is 5.92 Å². The maximum absolute atomic E-state index is 11.3. The highest BCUT2D eigenvalue weighted by atomic mass is 16.5. The molecule has 106 valence electrons. The molecule has 1 unspecified atom stereocenters. The van der Waals surface area contributed by atoms with Crippen molar-refractivity contribution in [2.24, 2.45) is 11.7 Å². The minimum absolute atomic E-state index is 0.219. The molecule has 0 aliphatic heterocycles. The van der Waals surface area contributed by atoms with Crippen LogP contribution in [0.25, 0.3) is 0 Å². The van der Waals surface area contributed by atoms with E-state index in [0.717, 1.165) is 12.8 Å². The van der Waals surface area contributed by atoms with Gasteiger partial charge in [-0.1, -0.05) is 32.8 Å². The molecule has 0 radical (unpaired) electrons. The summed E-state index contributed by atoms with van der Waals surface area (Å²) in [5, 5.41) is 0. The van der Waals surface area contributed by atoms with E-state index < -0.39 is 0 Å². The van der Waals surface area contributed by atoms with Crippen molar-refractivity contribution in [2.45, 2.75) is 65.3 Å². The van der Waals surface area contributed by atoms with Crippen LogP contribution < -0.4 is 5.73 Å². The van der Waals surface area contributed by atoms with Gasteiger partial charge in [-0.2, -0.15) is 0 Å². The molecule has 3 nitrogen and oxygen atoms in total. The molecule has 0 heterocycles. The Hall–Kier alpha value is -0.830. The van der Waals surface area contributed by atoms with Crippen LogP contribution in [0.3, 0.4) is 0 Å². The van der Waals surface area contributed by atoms with Gasteiger partial charge < -0.3 is 10.5 Å². The molecule has 0 bridgehead atoms. The minimum atomic E-state index is -0.308. The smallest absolute Gasteiger partial charge is 0.333 e. The lowest BCUT2D eigenvalue weighted by Gasteiger charge is -2.30. The molecule has 2 N–H and O–H groups in total. The van der Waals surface area contributed by atoms with E-state index in [9.17, 15) is 4.79 Å². The first-order valence-electron chi connectivity index (χ1n) is 6.90. The van der Waals surface area contributed by atoms with Gasteiger partial charge in [-0.3, -0.25) is 0 Å². The van der Waals surface area contributed by atoms with Gasteiger partial charge in [-0.25, -0.2) is 4.79 Å². The molecular formula is C15H29NO2. The van der Waals surface area contributed by atoms with Gasteiger partial charge in [0.05, 0.1) is 6.61 Å². The van der Waals surface area contributed by atoms with Crippen LogP contribution in [0.1, 0.15) is 59.8 Å². The number of ether oxygens (including phenoxy) is 1. The minimum Gasteiger partial charge on any atom is -0.462 e. The van der Waals surface area contributed by atoms with Crippen molar-refractivity contribution in [1.29, 1.82) is 0 Å². The number of unbranched alkanes of at least 4 members (excludes halogenated alkanes) is 2. The van der Waals surface area contributed by atoms with Gasteiger partial charge in [-0.05, 0) is 39.5 Å². The fourth-order valence-electron chi connectivity index (χ4n) is 1.95. The summed E-state index contributed by atoms with van der Waals surface area (Å²) in [5.41, 5.74) is 6.41. The molecule has 0 aromatic carbocycles. The third-order valence-corrected chi connectivity index (χ3v) is 3.26. The number of nitrogens with two attached hydrogens (primary N) is 1. The summed E-state index contributed by atoms with van der Waals surface area (Å²) < 4.78 is 5.14. The van der Waals surface area contributed by atoms with Gasteiger partial charge in [0.2, 0.25) is 0 Å². The second kappa shape index (κ2) is 8.30. The van der Waals surface area contributed by atoms with Crippen LogP contribution >= 0.6 is 0 Å². The summed E-state index contributed by atoms with van der Waals surface area (Å²) in [6.45, 7) is 11.9. The number of hydrogen-bond acceptors (Lipinski definition) is 3. The summed E-state index contributed by atoms with van der Waals surface area (Å²) in [6.07, 6.45) is 5.56. The van der Waals surface area contributed by atoms with Gasteiger partial charge in [0.1, 0.15) is 0 Å². The van der Waals surface area contributed by atoms with Crippen molar-refractivity contribution >= 4 is 5.97 Å². The van der Waals surface area contributed by atoms with Crippen molar-refractivity contribution in [3.05, 3.63) is 12.2 Å².